The van der Waals surface area contributed by atoms with Gasteiger partial charge in [0.05, 0.1) is 11.4 Å². The monoisotopic (exact) mass is 230 g/mol. The highest BCUT2D eigenvalue weighted by Gasteiger charge is 2.33. The van der Waals surface area contributed by atoms with Crippen molar-refractivity contribution in [3.05, 3.63) is 12.2 Å². The molecule has 72 valence electrons. The molecule has 0 unspecified atom stereocenters. The third kappa shape index (κ3) is 1.63. The molecule has 0 atom stereocenters. The van der Waals surface area contributed by atoms with Crippen LogP contribution in [-0.2, 0) is 9.59 Å². The molecule has 1 aliphatic heterocycles. The van der Waals surface area contributed by atoms with Crippen molar-refractivity contribution in [3.8, 4) is 0 Å². The summed E-state index contributed by atoms with van der Waals surface area (Å²) in [7, 11) is 0. The molecule has 1 aliphatic carbocycles. The van der Waals surface area contributed by atoms with Crippen LogP contribution in [0.2, 0.25) is 0 Å². The number of nitrogens with zero attached hydrogens (tertiary/aromatic N) is 2. The number of fused-ring (bicyclic) bond motifs is 1. The smallest absolute Gasteiger partial charge is 0.261 e. The molecule has 0 fully saturated rings. The van der Waals surface area contributed by atoms with E-state index in [1.165, 1.54) is 12.2 Å². The maximum Gasteiger partial charge on any atom is 0.337 e. The van der Waals surface area contributed by atoms with Crippen molar-refractivity contribution < 1.29 is 9.59 Å². The van der Waals surface area contributed by atoms with E-state index in [-0.39, 0.29) is 6.42 Å². The number of amides is 2. The molecule has 4 nitrogen and oxygen atoms in total. The third-order valence-corrected chi connectivity index (χ3v) is 2.34. The Bertz CT molecular complexity index is 421. The lowest BCUT2D eigenvalue weighted by molar-refractivity contribution is -0.135. The van der Waals surface area contributed by atoms with Gasteiger partial charge in [0.2, 0.25) is 0 Å². The third-order valence-electron chi connectivity index (χ3n) is 1.83. The number of allylic oxidation sites excluding steroid dienone is 2. The molecule has 2 rings (SSSR count). The lowest BCUT2D eigenvalue weighted by Gasteiger charge is -2.22. The second-order valence-corrected chi connectivity index (χ2v) is 4.48. The van der Waals surface area contributed by atoms with E-state index in [0.717, 1.165) is 0 Å². The van der Waals surface area contributed by atoms with Gasteiger partial charge >= 0.3 is 11.8 Å². The summed E-state index contributed by atoms with van der Waals surface area (Å²) in [4.78, 5) is 28.9. The molecule has 6 heteroatoms. The van der Waals surface area contributed by atoms with E-state index in [9.17, 15) is 9.59 Å². The largest absolute Gasteiger partial charge is 0.337 e. The number of hydrogen-bond donors (Lipinski definition) is 0. The molecule has 0 aromatic carbocycles. The van der Waals surface area contributed by atoms with Gasteiger partial charge in [0.25, 0.3) is 0 Å². The summed E-state index contributed by atoms with van der Waals surface area (Å²) in [5.74, 6) is -1.73. The molecule has 0 radical (unpaired) electrons. The van der Waals surface area contributed by atoms with Gasteiger partial charge in [-0.2, -0.15) is 0 Å². The van der Waals surface area contributed by atoms with Crippen LogP contribution in [0.5, 0.6) is 0 Å². The van der Waals surface area contributed by atoms with E-state index in [0.29, 0.717) is 11.4 Å². The van der Waals surface area contributed by atoms with Crippen LogP contribution < -0.4 is 0 Å². The van der Waals surface area contributed by atoms with Gasteiger partial charge < -0.3 is 0 Å². The first-order valence-corrected chi connectivity index (χ1v) is 4.55. The number of halogens is 2. The van der Waals surface area contributed by atoms with Crippen LogP contribution in [0.4, 0.5) is 0 Å². The predicted octanol–water partition coefficient (Wildman–Crippen LogP) is 1.07. The minimum Gasteiger partial charge on any atom is -0.261 e. The van der Waals surface area contributed by atoms with E-state index in [4.69, 9.17) is 23.2 Å². The molecule has 0 aromatic heterocycles. The van der Waals surface area contributed by atoms with Crippen LogP contribution in [0.3, 0.4) is 0 Å². The summed E-state index contributed by atoms with van der Waals surface area (Å²) >= 11 is 11.6. The Kier molecular flexibility index (Phi) is 2.05. The first kappa shape index (κ1) is 9.55. The summed E-state index contributed by atoms with van der Waals surface area (Å²) in [6.07, 6.45) is 3.19. The summed E-state index contributed by atoms with van der Waals surface area (Å²) in [6.45, 7) is 0. The van der Waals surface area contributed by atoms with Gasteiger partial charge in [-0.15, -0.1) is 0 Å². The Morgan fingerprint density at radius 2 is 1.86 bits per heavy atom. The summed E-state index contributed by atoms with van der Waals surface area (Å²) in [5.41, 5.74) is 0.730. The molecule has 1 heterocycles. The van der Waals surface area contributed by atoms with Crippen LogP contribution in [0.1, 0.15) is 6.42 Å². The molecular weight excluding hydrogens is 227 g/mol. The number of hydrogen-bond acceptors (Lipinski definition) is 2. The number of rotatable bonds is 0. The molecule has 2 amide bonds. The number of alkyl halides is 2. The Morgan fingerprint density at radius 1 is 1.21 bits per heavy atom. The Hall–Kier alpha value is -1.00. The van der Waals surface area contributed by atoms with Crippen molar-refractivity contribution in [1.82, 2.24) is 0 Å². The number of carbonyl (C=O) groups excluding carboxylic acids is 2. The van der Waals surface area contributed by atoms with Crippen LogP contribution in [0, 0.1) is 0 Å². The van der Waals surface area contributed by atoms with Crippen molar-refractivity contribution in [2.24, 2.45) is 9.98 Å². The van der Waals surface area contributed by atoms with Crippen LogP contribution in [-0.4, -0.2) is 27.6 Å². The maximum absolute atomic E-state index is 10.9. The minimum atomic E-state index is -1.07. The fourth-order valence-corrected chi connectivity index (χ4v) is 1.58. The second kappa shape index (κ2) is 3.00. The first-order chi connectivity index (χ1) is 6.48. The highest BCUT2D eigenvalue weighted by Crippen LogP contribution is 2.31. The Balaban J connectivity index is 2.45. The van der Waals surface area contributed by atoms with Crippen LogP contribution in [0.25, 0.3) is 0 Å². The minimum absolute atomic E-state index is 0.185. The molecule has 0 aromatic rings. The maximum atomic E-state index is 10.9. The van der Waals surface area contributed by atoms with E-state index in [2.05, 4.69) is 9.98 Å². The van der Waals surface area contributed by atoms with E-state index in [1.807, 2.05) is 0 Å². The zero-order chi connectivity index (χ0) is 10.3. The first-order valence-electron chi connectivity index (χ1n) is 3.80. The molecule has 0 saturated heterocycles. The molecule has 0 N–H and O–H groups in total. The van der Waals surface area contributed by atoms with Gasteiger partial charge in [-0.3, -0.25) is 9.59 Å². The Labute approximate surface area is 89.3 Å². The molecule has 14 heavy (non-hydrogen) atoms. The summed E-state index contributed by atoms with van der Waals surface area (Å²) in [5, 5.41) is 0. The second-order valence-electron chi connectivity index (χ2n) is 2.94. The standard InChI is InChI=1S/C8H4Cl2N2O2/c9-8(10)2-1-4-5(3-8)12-7(14)6(13)11-4/h1-2H,3H2. The van der Waals surface area contributed by atoms with Gasteiger partial charge in [0.1, 0.15) is 4.33 Å². The van der Waals surface area contributed by atoms with Gasteiger partial charge in [-0.1, -0.05) is 23.2 Å². The Morgan fingerprint density at radius 3 is 2.57 bits per heavy atom. The summed E-state index contributed by atoms with van der Waals surface area (Å²) in [6, 6.07) is 0. The molecule has 2 aliphatic rings. The van der Waals surface area contributed by atoms with Gasteiger partial charge in [-0.05, 0) is 12.2 Å². The highest BCUT2D eigenvalue weighted by atomic mass is 35.5. The fraction of sp³-hybridized carbons (Fsp3) is 0.250. The molecule has 0 bridgehead atoms. The molecule has 0 spiro atoms. The molecule has 0 saturated carbocycles. The quantitative estimate of drug-likeness (QED) is 0.462. The lowest BCUT2D eigenvalue weighted by Crippen LogP contribution is -2.32. The van der Waals surface area contributed by atoms with E-state index < -0.39 is 16.1 Å². The van der Waals surface area contributed by atoms with Crippen LogP contribution in [0.15, 0.2) is 22.1 Å². The fourth-order valence-electron chi connectivity index (χ4n) is 1.20. The zero-order valence-electron chi connectivity index (χ0n) is 6.83. The zero-order valence-corrected chi connectivity index (χ0v) is 8.34. The van der Waals surface area contributed by atoms with Gasteiger partial charge in [0, 0.05) is 6.42 Å². The van der Waals surface area contributed by atoms with Gasteiger partial charge in [0.15, 0.2) is 0 Å². The van der Waals surface area contributed by atoms with Crippen molar-refractivity contribution in [1.29, 1.82) is 0 Å². The molecular formula is C8H4Cl2N2O2. The predicted molar refractivity (Wildman–Crippen MR) is 53.1 cm³/mol. The lowest BCUT2D eigenvalue weighted by atomic mass is 10.0. The average molecular weight is 231 g/mol. The number of carbonyl (C=O) groups is 2. The van der Waals surface area contributed by atoms with E-state index >= 15 is 0 Å². The van der Waals surface area contributed by atoms with Crippen LogP contribution >= 0.6 is 23.2 Å². The van der Waals surface area contributed by atoms with Crippen molar-refractivity contribution in [3.63, 3.8) is 0 Å². The van der Waals surface area contributed by atoms with Crippen molar-refractivity contribution in [2.45, 2.75) is 10.8 Å². The van der Waals surface area contributed by atoms with Crippen molar-refractivity contribution >= 4 is 46.4 Å². The van der Waals surface area contributed by atoms with E-state index in [1.54, 1.807) is 0 Å². The highest BCUT2D eigenvalue weighted by molar-refractivity contribution is 6.61. The number of aliphatic imine (C=N–C) groups is 2. The summed E-state index contributed by atoms with van der Waals surface area (Å²) < 4.78 is -1.07. The average Bonchev–Trinajstić information content (AvgIpc) is 2.07. The van der Waals surface area contributed by atoms with Crippen molar-refractivity contribution in [2.75, 3.05) is 0 Å². The topological polar surface area (TPSA) is 58.9 Å². The SMILES string of the molecule is O=C1N=C2C=CC(Cl)(Cl)CC2=NC1=O. The normalized spacial score (nSPS) is 24.1. The van der Waals surface area contributed by atoms with Gasteiger partial charge in [-0.25, -0.2) is 9.98 Å².